The summed E-state index contributed by atoms with van der Waals surface area (Å²) in [4.78, 5) is 14.4. The number of hydrogen-bond acceptors (Lipinski definition) is 4. The second-order valence-electron chi connectivity index (χ2n) is 1.91. The molecule has 0 saturated heterocycles. The largest absolute Gasteiger partial charge is 0.393 e. The minimum Gasteiger partial charge on any atom is -0.393 e. The molecule has 0 fully saturated rings. The second-order valence-corrected chi connectivity index (χ2v) is 3.99. The molecule has 0 spiro atoms. The van der Waals surface area contributed by atoms with Crippen molar-refractivity contribution in [1.29, 1.82) is 0 Å². The van der Waals surface area contributed by atoms with Crippen molar-refractivity contribution in [3.8, 4) is 10.6 Å². The van der Waals surface area contributed by atoms with Gasteiger partial charge in [0.05, 0.1) is 10.6 Å². The van der Waals surface area contributed by atoms with E-state index in [1.165, 1.54) is 10.3 Å². The Bertz CT molecular complexity index is 372. The maximum absolute atomic E-state index is 10.8. The van der Waals surface area contributed by atoms with Crippen LogP contribution in [0, 0.1) is 0 Å². The number of anilines is 1. The van der Waals surface area contributed by atoms with E-state index in [9.17, 15) is 4.79 Å². The van der Waals surface area contributed by atoms with Crippen LogP contribution in [-0.4, -0.2) is 4.98 Å². The number of nitrogen functional groups attached to an aromatic ring is 1. The molecule has 0 radical (unpaired) electrons. The zero-order chi connectivity index (χ0) is 7.14. The first kappa shape index (κ1) is 5.94. The average Bonchev–Trinajstić information content (AvgIpc) is 2.41. The van der Waals surface area contributed by atoms with E-state index in [0.717, 1.165) is 10.6 Å². The lowest BCUT2D eigenvalue weighted by atomic mass is 10.4. The van der Waals surface area contributed by atoms with Gasteiger partial charge in [0, 0.05) is 5.38 Å². The highest BCUT2D eigenvalue weighted by Crippen LogP contribution is 2.33. The van der Waals surface area contributed by atoms with Crippen LogP contribution >= 0.6 is 20.7 Å². The lowest BCUT2D eigenvalue weighted by Crippen LogP contribution is -2.03. The highest BCUT2D eigenvalue weighted by atomic mass is 32.9. The molecule has 0 saturated carbocycles. The van der Waals surface area contributed by atoms with Gasteiger partial charge in [-0.05, 0) is 0 Å². The molecule has 3 N–H and O–H groups in total. The summed E-state index contributed by atoms with van der Waals surface area (Å²) in [6.07, 6.45) is 0. The number of H-pyrrole nitrogens is 1. The van der Waals surface area contributed by atoms with E-state index in [1.807, 2.05) is 5.38 Å². The SMILES string of the molecule is Nc1c2sscc-2[nH]c1=O. The summed E-state index contributed by atoms with van der Waals surface area (Å²) >= 11 is 0. The summed E-state index contributed by atoms with van der Waals surface area (Å²) in [5.41, 5.74) is 6.49. The third-order valence-corrected chi connectivity index (χ3v) is 3.39. The first-order valence-corrected chi connectivity index (χ1v) is 4.85. The average molecular weight is 172 g/mol. The molecule has 0 aliphatic carbocycles. The number of hydrogen-bond donors (Lipinski definition) is 2. The Morgan fingerprint density at radius 2 is 2.40 bits per heavy atom. The second kappa shape index (κ2) is 1.83. The molecule has 0 atom stereocenters. The van der Waals surface area contributed by atoms with Gasteiger partial charge in [0.25, 0.3) is 5.56 Å². The van der Waals surface area contributed by atoms with Crippen molar-refractivity contribution in [2.75, 3.05) is 5.73 Å². The summed E-state index contributed by atoms with van der Waals surface area (Å²) in [5, 5.41) is 1.89. The number of nitrogens with one attached hydrogen (secondary N) is 1. The van der Waals surface area contributed by atoms with Gasteiger partial charge in [-0.3, -0.25) is 4.79 Å². The Morgan fingerprint density at radius 3 is 3.10 bits per heavy atom. The van der Waals surface area contributed by atoms with Crippen LogP contribution < -0.4 is 11.3 Å². The molecule has 0 unspecified atom stereocenters. The zero-order valence-electron chi connectivity index (χ0n) is 4.88. The van der Waals surface area contributed by atoms with E-state index in [0.29, 0.717) is 5.69 Å². The minimum atomic E-state index is -0.172. The summed E-state index contributed by atoms with van der Waals surface area (Å²) in [6, 6.07) is 0. The highest BCUT2D eigenvalue weighted by Gasteiger charge is 2.12. The molecule has 5 heteroatoms. The van der Waals surface area contributed by atoms with Gasteiger partial charge >= 0.3 is 0 Å². The van der Waals surface area contributed by atoms with Gasteiger partial charge in [0.15, 0.2) is 0 Å². The molecule has 0 aromatic carbocycles. The number of nitrogens with two attached hydrogens (primary N) is 1. The first-order valence-electron chi connectivity index (χ1n) is 2.64. The van der Waals surface area contributed by atoms with Gasteiger partial charge < -0.3 is 10.7 Å². The van der Waals surface area contributed by atoms with E-state index < -0.39 is 0 Å². The van der Waals surface area contributed by atoms with Crippen molar-refractivity contribution in [2.24, 2.45) is 0 Å². The Balaban J connectivity index is 2.93. The first-order chi connectivity index (χ1) is 4.79. The van der Waals surface area contributed by atoms with Crippen LogP contribution in [0.25, 0.3) is 10.6 Å². The van der Waals surface area contributed by atoms with Crippen LogP contribution in [0.3, 0.4) is 0 Å². The van der Waals surface area contributed by atoms with Crippen LogP contribution in [0.15, 0.2) is 10.2 Å². The monoisotopic (exact) mass is 172 g/mol. The number of rotatable bonds is 0. The minimum absolute atomic E-state index is 0.172. The van der Waals surface area contributed by atoms with Crippen molar-refractivity contribution in [3.05, 3.63) is 15.7 Å². The smallest absolute Gasteiger partial charge is 0.273 e. The molecule has 2 aliphatic heterocycles. The van der Waals surface area contributed by atoms with Crippen LogP contribution in [-0.2, 0) is 0 Å². The van der Waals surface area contributed by atoms with E-state index in [-0.39, 0.29) is 5.56 Å². The topological polar surface area (TPSA) is 58.9 Å². The quantitative estimate of drug-likeness (QED) is 0.586. The third kappa shape index (κ3) is 0.614. The molecule has 2 rings (SSSR count). The molecular weight excluding hydrogens is 168 g/mol. The molecule has 0 amide bonds. The third-order valence-electron chi connectivity index (χ3n) is 1.28. The number of fused-ring (bicyclic) bond motifs is 1. The van der Waals surface area contributed by atoms with Gasteiger partial charge in [0.1, 0.15) is 5.69 Å². The fourth-order valence-corrected chi connectivity index (χ4v) is 2.92. The Kier molecular flexibility index (Phi) is 1.09. The van der Waals surface area contributed by atoms with Gasteiger partial charge in [0.2, 0.25) is 0 Å². The number of aromatic amines is 1. The predicted molar refractivity (Wildman–Crippen MR) is 43.9 cm³/mol. The van der Waals surface area contributed by atoms with Gasteiger partial charge in [-0.25, -0.2) is 0 Å². The van der Waals surface area contributed by atoms with Crippen molar-refractivity contribution in [3.63, 3.8) is 0 Å². The lowest BCUT2D eigenvalue weighted by Gasteiger charge is -1.81. The van der Waals surface area contributed by atoms with Gasteiger partial charge in [-0.1, -0.05) is 20.7 Å². The summed E-state index contributed by atoms with van der Waals surface area (Å²) in [6.45, 7) is 0. The Hall–Kier alpha value is -0.810. The lowest BCUT2D eigenvalue weighted by molar-refractivity contribution is 1.33. The van der Waals surface area contributed by atoms with E-state index in [2.05, 4.69) is 4.98 Å². The maximum atomic E-state index is 10.8. The maximum Gasteiger partial charge on any atom is 0.273 e. The van der Waals surface area contributed by atoms with Crippen molar-refractivity contribution >= 4 is 26.4 Å². The molecule has 52 valence electrons. The Morgan fingerprint density at radius 1 is 1.60 bits per heavy atom. The molecular formula is C5H4N2OS2. The highest BCUT2D eigenvalue weighted by molar-refractivity contribution is 7.70. The van der Waals surface area contributed by atoms with Crippen molar-refractivity contribution in [2.45, 2.75) is 0 Å². The molecule has 0 aromatic heterocycles. The summed E-state index contributed by atoms with van der Waals surface area (Å²) in [5.74, 6) is 0. The van der Waals surface area contributed by atoms with E-state index in [1.54, 1.807) is 10.3 Å². The Labute approximate surface area is 63.8 Å². The van der Waals surface area contributed by atoms with E-state index in [4.69, 9.17) is 5.73 Å². The van der Waals surface area contributed by atoms with Crippen LogP contribution in [0.1, 0.15) is 0 Å². The summed E-state index contributed by atoms with van der Waals surface area (Å²) in [7, 11) is 3.09. The fourth-order valence-electron chi connectivity index (χ4n) is 0.788. The van der Waals surface area contributed by atoms with Gasteiger partial charge in [-0.15, -0.1) is 0 Å². The van der Waals surface area contributed by atoms with E-state index >= 15 is 0 Å². The van der Waals surface area contributed by atoms with Crippen molar-refractivity contribution in [1.82, 2.24) is 4.98 Å². The van der Waals surface area contributed by atoms with Crippen molar-refractivity contribution < 1.29 is 0 Å². The van der Waals surface area contributed by atoms with Crippen LogP contribution in [0.2, 0.25) is 0 Å². The zero-order valence-corrected chi connectivity index (χ0v) is 6.51. The molecule has 10 heavy (non-hydrogen) atoms. The predicted octanol–water partition coefficient (Wildman–Crippen LogP) is 1.18. The molecule has 0 aromatic rings. The molecule has 2 heterocycles. The number of aromatic nitrogens is 1. The standard InChI is InChI=1S/C5H4N2OS2/c6-3-4-2(1-9-10-4)7-5(3)8/h1H,6H2,(H,7,8). The molecule has 3 nitrogen and oxygen atoms in total. The van der Waals surface area contributed by atoms with Crippen LogP contribution in [0.5, 0.6) is 0 Å². The van der Waals surface area contributed by atoms with Crippen LogP contribution in [0.4, 0.5) is 5.69 Å². The fraction of sp³-hybridized carbons (Fsp3) is 0. The molecule has 2 aliphatic rings. The summed E-state index contributed by atoms with van der Waals surface area (Å²) < 4.78 is 0. The van der Waals surface area contributed by atoms with Gasteiger partial charge in [-0.2, -0.15) is 0 Å². The molecule has 0 bridgehead atoms. The normalized spacial score (nSPS) is 10.8.